The lowest BCUT2D eigenvalue weighted by molar-refractivity contribution is -0.138. The van der Waals surface area contributed by atoms with Crippen molar-refractivity contribution < 1.29 is 13.2 Å². The molecule has 0 spiro atoms. The van der Waals surface area contributed by atoms with Crippen LogP contribution in [0.5, 0.6) is 0 Å². The van der Waals surface area contributed by atoms with Crippen LogP contribution in [0.1, 0.15) is 34.5 Å². The van der Waals surface area contributed by atoms with E-state index in [0.717, 1.165) is 10.4 Å². The molecule has 0 bridgehead atoms. The molecule has 21 heavy (non-hydrogen) atoms. The van der Waals surface area contributed by atoms with Crippen LogP contribution >= 0.6 is 27.3 Å². The standard InChI is InChI=1S/C15H15BrF3NS/c1-3-20-14(11-6-9(2)21-8-11)10-4-5-13(16)12(7-10)15(17,18)19/h4-8,14,20H,3H2,1-2H3. The Morgan fingerprint density at radius 3 is 2.48 bits per heavy atom. The van der Waals surface area contributed by atoms with E-state index in [-0.39, 0.29) is 10.5 Å². The minimum Gasteiger partial charge on any atom is -0.307 e. The predicted molar refractivity (Wildman–Crippen MR) is 83.7 cm³/mol. The predicted octanol–water partition coefficient (Wildman–Crippen LogP) is 5.54. The third-order valence-electron chi connectivity index (χ3n) is 3.12. The molecule has 1 atom stereocenters. The van der Waals surface area contributed by atoms with Crippen molar-refractivity contribution in [3.05, 3.63) is 55.7 Å². The number of rotatable bonds is 4. The van der Waals surface area contributed by atoms with Gasteiger partial charge in [0.2, 0.25) is 0 Å². The lowest BCUT2D eigenvalue weighted by atomic mass is 9.98. The topological polar surface area (TPSA) is 12.0 Å². The molecule has 1 heterocycles. The molecule has 6 heteroatoms. The van der Waals surface area contributed by atoms with E-state index in [2.05, 4.69) is 21.2 Å². The molecule has 1 unspecified atom stereocenters. The largest absolute Gasteiger partial charge is 0.417 e. The number of nitrogens with one attached hydrogen (secondary N) is 1. The van der Waals surface area contributed by atoms with Crippen molar-refractivity contribution in [3.8, 4) is 0 Å². The summed E-state index contributed by atoms with van der Waals surface area (Å²) in [6, 6.07) is 6.17. The summed E-state index contributed by atoms with van der Waals surface area (Å²) >= 11 is 4.57. The lowest BCUT2D eigenvalue weighted by Gasteiger charge is -2.19. The molecular weight excluding hydrogens is 363 g/mol. The number of hydrogen-bond donors (Lipinski definition) is 1. The summed E-state index contributed by atoms with van der Waals surface area (Å²) in [6.45, 7) is 4.60. The summed E-state index contributed by atoms with van der Waals surface area (Å²) < 4.78 is 39.2. The van der Waals surface area contributed by atoms with Crippen molar-refractivity contribution in [1.29, 1.82) is 0 Å². The quantitative estimate of drug-likeness (QED) is 0.737. The van der Waals surface area contributed by atoms with Crippen LogP contribution in [0.25, 0.3) is 0 Å². The molecule has 0 aliphatic carbocycles. The van der Waals surface area contributed by atoms with Gasteiger partial charge in [0.05, 0.1) is 11.6 Å². The van der Waals surface area contributed by atoms with E-state index in [1.165, 1.54) is 12.1 Å². The highest BCUT2D eigenvalue weighted by Crippen LogP contribution is 2.37. The maximum atomic E-state index is 13.0. The van der Waals surface area contributed by atoms with Crippen LogP contribution in [-0.2, 0) is 6.18 Å². The Kier molecular flexibility index (Phi) is 5.11. The van der Waals surface area contributed by atoms with Crippen LogP contribution in [0.4, 0.5) is 13.2 Å². The van der Waals surface area contributed by atoms with Crippen molar-refractivity contribution in [2.24, 2.45) is 0 Å². The Morgan fingerprint density at radius 1 is 1.24 bits per heavy atom. The first-order valence-corrected chi connectivity index (χ1v) is 8.15. The van der Waals surface area contributed by atoms with Gasteiger partial charge < -0.3 is 5.32 Å². The van der Waals surface area contributed by atoms with Gasteiger partial charge >= 0.3 is 6.18 Å². The zero-order valence-electron chi connectivity index (χ0n) is 11.6. The summed E-state index contributed by atoms with van der Waals surface area (Å²) in [6.07, 6.45) is -4.36. The van der Waals surface area contributed by atoms with Gasteiger partial charge in [0.25, 0.3) is 0 Å². The van der Waals surface area contributed by atoms with Crippen LogP contribution in [0.3, 0.4) is 0 Å². The summed E-state index contributed by atoms with van der Waals surface area (Å²) in [5, 5.41) is 5.23. The summed E-state index contributed by atoms with van der Waals surface area (Å²) in [5.74, 6) is 0. The van der Waals surface area contributed by atoms with Gasteiger partial charge in [0, 0.05) is 9.35 Å². The van der Waals surface area contributed by atoms with E-state index < -0.39 is 11.7 Å². The lowest BCUT2D eigenvalue weighted by Crippen LogP contribution is -2.22. The number of halogens is 4. The molecule has 0 amide bonds. The van der Waals surface area contributed by atoms with E-state index in [4.69, 9.17) is 0 Å². The van der Waals surface area contributed by atoms with Gasteiger partial charge in [-0.3, -0.25) is 0 Å². The SMILES string of the molecule is CCNC(c1csc(C)c1)c1ccc(Br)c(C(F)(F)F)c1. The molecule has 1 aromatic carbocycles. The number of thiophene rings is 1. The molecule has 0 radical (unpaired) electrons. The Balaban J connectivity index is 2.46. The van der Waals surface area contributed by atoms with E-state index in [1.807, 2.05) is 25.3 Å². The highest BCUT2D eigenvalue weighted by Gasteiger charge is 2.33. The second-order valence-corrected chi connectivity index (χ2v) is 6.69. The van der Waals surface area contributed by atoms with Crippen molar-refractivity contribution in [2.45, 2.75) is 26.1 Å². The van der Waals surface area contributed by atoms with Gasteiger partial charge in [0.15, 0.2) is 0 Å². The summed E-state index contributed by atoms with van der Waals surface area (Å²) in [7, 11) is 0. The van der Waals surface area contributed by atoms with Gasteiger partial charge in [-0.1, -0.05) is 28.9 Å². The van der Waals surface area contributed by atoms with Crippen LogP contribution in [0, 0.1) is 6.92 Å². The Morgan fingerprint density at radius 2 is 1.95 bits per heavy atom. The second kappa shape index (κ2) is 6.50. The highest BCUT2D eigenvalue weighted by atomic mass is 79.9. The second-order valence-electron chi connectivity index (χ2n) is 4.72. The number of aryl methyl sites for hydroxylation is 1. The minimum atomic E-state index is -4.36. The van der Waals surface area contributed by atoms with Crippen LogP contribution < -0.4 is 5.32 Å². The highest BCUT2D eigenvalue weighted by molar-refractivity contribution is 9.10. The third-order valence-corrected chi connectivity index (χ3v) is 4.69. The third kappa shape index (κ3) is 3.87. The Bertz CT molecular complexity index is 622. The maximum Gasteiger partial charge on any atom is 0.417 e. The van der Waals surface area contributed by atoms with Crippen molar-refractivity contribution >= 4 is 27.3 Å². The minimum absolute atomic E-state index is 0.0653. The van der Waals surface area contributed by atoms with Gasteiger partial charge in [0.1, 0.15) is 0 Å². The number of alkyl halides is 3. The van der Waals surface area contributed by atoms with E-state index in [1.54, 1.807) is 17.4 Å². The summed E-state index contributed by atoms with van der Waals surface area (Å²) in [4.78, 5) is 1.14. The normalized spacial score (nSPS) is 13.4. The van der Waals surface area contributed by atoms with E-state index >= 15 is 0 Å². The molecule has 0 fully saturated rings. The monoisotopic (exact) mass is 377 g/mol. The van der Waals surface area contributed by atoms with Gasteiger partial charge in [-0.05, 0) is 48.2 Å². The molecule has 1 aromatic heterocycles. The molecule has 1 N–H and O–H groups in total. The average Bonchev–Trinajstić information content (AvgIpc) is 2.82. The average molecular weight is 378 g/mol. The molecule has 0 saturated carbocycles. The number of hydrogen-bond acceptors (Lipinski definition) is 2. The van der Waals surface area contributed by atoms with Crippen molar-refractivity contribution in [1.82, 2.24) is 5.32 Å². The van der Waals surface area contributed by atoms with Crippen molar-refractivity contribution in [3.63, 3.8) is 0 Å². The molecule has 114 valence electrons. The number of benzene rings is 1. The van der Waals surface area contributed by atoms with Gasteiger partial charge in [-0.25, -0.2) is 0 Å². The smallest absolute Gasteiger partial charge is 0.307 e. The fourth-order valence-corrected chi connectivity index (χ4v) is 3.39. The first kappa shape index (κ1) is 16.5. The van der Waals surface area contributed by atoms with Crippen LogP contribution in [0.2, 0.25) is 0 Å². The Labute approximate surface area is 134 Å². The first-order valence-electron chi connectivity index (χ1n) is 6.48. The molecular formula is C15H15BrF3NS. The first-order chi connectivity index (χ1) is 9.82. The van der Waals surface area contributed by atoms with Crippen molar-refractivity contribution in [2.75, 3.05) is 6.54 Å². The summed E-state index contributed by atoms with van der Waals surface area (Å²) in [5.41, 5.74) is 0.967. The Hall–Kier alpha value is -0.850. The fourth-order valence-electron chi connectivity index (χ4n) is 2.19. The molecule has 0 aliphatic rings. The molecule has 1 nitrogen and oxygen atoms in total. The van der Waals surface area contributed by atoms with Gasteiger partial charge in [-0.2, -0.15) is 13.2 Å². The van der Waals surface area contributed by atoms with Crippen LogP contribution in [-0.4, -0.2) is 6.54 Å². The van der Waals surface area contributed by atoms with E-state index in [9.17, 15) is 13.2 Å². The zero-order chi connectivity index (χ0) is 15.6. The van der Waals surface area contributed by atoms with Gasteiger partial charge in [-0.15, -0.1) is 11.3 Å². The molecule has 2 aromatic rings. The van der Waals surface area contributed by atoms with E-state index in [0.29, 0.717) is 12.1 Å². The molecule has 2 rings (SSSR count). The van der Waals surface area contributed by atoms with Crippen LogP contribution in [0.15, 0.2) is 34.1 Å². The fraction of sp³-hybridized carbons (Fsp3) is 0.333. The maximum absolute atomic E-state index is 13.0. The molecule has 0 saturated heterocycles. The zero-order valence-corrected chi connectivity index (χ0v) is 14.0. The molecule has 0 aliphatic heterocycles.